The highest BCUT2D eigenvalue weighted by Gasteiger charge is 2.56. The average molecular weight is 584 g/mol. The second-order valence-electron chi connectivity index (χ2n) is 11.1. The fourth-order valence-corrected chi connectivity index (χ4v) is 5.85. The molecule has 2 N–H and O–H groups in total. The Morgan fingerprint density at radius 2 is 1.81 bits per heavy atom. The van der Waals surface area contributed by atoms with Gasteiger partial charge in [0.2, 0.25) is 17.7 Å². The van der Waals surface area contributed by atoms with E-state index in [0.29, 0.717) is 23.4 Å². The number of amides is 4. The van der Waals surface area contributed by atoms with Crippen LogP contribution in [-0.4, -0.2) is 64.6 Å². The minimum Gasteiger partial charge on any atom is -0.340 e. The Labute approximate surface area is 241 Å². The number of likely N-dealkylation sites (tertiary alicyclic amines) is 1. The first kappa shape index (κ1) is 30.6. The predicted molar refractivity (Wildman–Crippen MR) is 146 cm³/mol. The second-order valence-corrected chi connectivity index (χ2v) is 11.1. The number of halogens is 3. The van der Waals surface area contributed by atoms with Crippen LogP contribution in [0.4, 0.5) is 18.9 Å². The molecule has 0 unspecified atom stereocenters. The molecule has 1 saturated heterocycles. The number of likely N-dealkylation sites (N-methyl/N-ethyl adjacent to an activating group) is 1. The molecule has 9 nitrogen and oxygen atoms in total. The number of anilines is 1. The molecule has 4 atom stereocenters. The van der Waals surface area contributed by atoms with Crippen molar-refractivity contribution in [1.29, 1.82) is 5.26 Å². The first-order valence-corrected chi connectivity index (χ1v) is 13.7. The Hall–Kier alpha value is -4.40. The van der Waals surface area contributed by atoms with E-state index in [1.54, 1.807) is 31.2 Å². The van der Waals surface area contributed by atoms with E-state index in [1.807, 2.05) is 13.8 Å². The van der Waals surface area contributed by atoms with Gasteiger partial charge in [0, 0.05) is 37.3 Å². The van der Waals surface area contributed by atoms with E-state index in [-0.39, 0.29) is 37.8 Å². The van der Waals surface area contributed by atoms with Crippen LogP contribution < -0.4 is 10.6 Å². The summed E-state index contributed by atoms with van der Waals surface area (Å²) in [6.45, 7) is 6.65. The molecule has 2 aromatic rings. The number of nitrogens with zero attached hydrogens (tertiary/aromatic N) is 3. The molecule has 2 aromatic carbocycles. The summed E-state index contributed by atoms with van der Waals surface area (Å²) in [6, 6.07) is 6.67. The topological polar surface area (TPSA) is 123 Å². The zero-order chi connectivity index (χ0) is 30.9. The van der Waals surface area contributed by atoms with E-state index in [1.165, 1.54) is 16.7 Å². The van der Waals surface area contributed by atoms with Crippen LogP contribution in [0.15, 0.2) is 36.4 Å². The van der Waals surface area contributed by atoms with Crippen LogP contribution in [0.1, 0.15) is 56.5 Å². The van der Waals surface area contributed by atoms with Crippen molar-refractivity contribution in [2.45, 2.75) is 64.1 Å². The van der Waals surface area contributed by atoms with Crippen molar-refractivity contribution in [3.8, 4) is 6.07 Å². The Morgan fingerprint density at radius 3 is 2.40 bits per heavy atom. The molecule has 42 heavy (non-hydrogen) atoms. The largest absolute Gasteiger partial charge is 0.340 e. The lowest BCUT2D eigenvalue weighted by atomic mass is 9.80. The molecule has 2 heterocycles. The van der Waals surface area contributed by atoms with Gasteiger partial charge in [0.1, 0.15) is 41.1 Å². The van der Waals surface area contributed by atoms with E-state index >= 15 is 0 Å². The van der Waals surface area contributed by atoms with Crippen molar-refractivity contribution < 1.29 is 32.3 Å². The van der Waals surface area contributed by atoms with Crippen LogP contribution in [0.5, 0.6) is 0 Å². The van der Waals surface area contributed by atoms with E-state index in [9.17, 15) is 37.6 Å². The monoisotopic (exact) mass is 583 g/mol. The number of carbonyl (C=O) groups is 4. The summed E-state index contributed by atoms with van der Waals surface area (Å²) >= 11 is 0. The van der Waals surface area contributed by atoms with Crippen molar-refractivity contribution in [2.24, 2.45) is 5.92 Å². The van der Waals surface area contributed by atoms with Crippen molar-refractivity contribution in [1.82, 2.24) is 15.1 Å². The van der Waals surface area contributed by atoms with Crippen molar-refractivity contribution >= 4 is 29.3 Å². The zero-order valence-corrected chi connectivity index (χ0v) is 23.7. The lowest BCUT2D eigenvalue weighted by molar-refractivity contribution is -0.147. The summed E-state index contributed by atoms with van der Waals surface area (Å²) in [6.07, 6.45) is 0.304. The predicted octanol–water partition coefficient (Wildman–Crippen LogP) is 3.50. The van der Waals surface area contributed by atoms with Crippen LogP contribution in [0.25, 0.3) is 0 Å². The number of carbonyl (C=O) groups excluding carboxylic acids is 4. The Balaban J connectivity index is 1.60. The maximum absolute atomic E-state index is 14.2. The number of benzene rings is 2. The maximum Gasteiger partial charge on any atom is 0.257 e. The summed E-state index contributed by atoms with van der Waals surface area (Å²) in [7, 11) is 0. The van der Waals surface area contributed by atoms with Gasteiger partial charge >= 0.3 is 0 Å². The third kappa shape index (κ3) is 5.43. The van der Waals surface area contributed by atoms with Crippen molar-refractivity contribution in [2.75, 3.05) is 18.4 Å². The molecule has 4 rings (SSSR count). The molecular formula is C30H32F3N5O4. The van der Waals surface area contributed by atoms with E-state index in [4.69, 9.17) is 0 Å². The highest BCUT2D eigenvalue weighted by atomic mass is 19.1. The fraction of sp³-hybridized carbons (Fsp3) is 0.433. The summed E-state index contributed by atoms with van der Waals surface area (Å²) in [5, 5.41) is 15.1. The molecule has 222 valence electrons. The van der Waals surface area contributed by atoms with Gasteiger partial charge in [-0.2, -0.15) is 5.26 Å². The maximum atomic E-state index is 14.2. The number of rotatable bonds is 8. The highest BCUT2D eigenvalue weighted by molar-refractivity contribution is 6.07. The molecule has 1 fully saturated rings. The molecular weight excluding hydrogens is 551 g/mol. The van der Waals surface area contributed by atoms with Crippen LogP contribution in [0.3, 0.4) is 0 Å². The third-order valence-corrected chi connectivity index (χ3v) is 7.85. The summed E-state index contributed by atoms with van der Waals surface area (Å²) in [5.74, 6) is -6.89. The number of fused-ring (bicyclic) bond motifs is 2. The van der Waals surface area contributed by atoms with Gasteiger partial charge in [0.05, 0.1) is 11.5 Å². The molecule has 0 aliphatic carbocycles. The van der Waals surface area contributed by atoms with Crippen LogP contribution in [0, 0.1) is 34.7 Å². The van der Waals surface area contributed by atoms with Gasteiger partial charge < -0.3 is 20.4 Å². The average Bonchev–Trinajstić information content (AvgIpc) is 3.45. The minimum absolute atomic E-state index is 0.0426. The third-order valence-electron chi connectivity index (χ3n) is 7.85. The zero-order valence-electron chi connectivity index (χ0n) is 23.7. The standard InChI is InChI=1S/C30H32F3N5O4/c1-5-37(27(40)17(4)35-26(39)25-21(32)11-18(31)12-22(25)33)24(10-16(2)3)28(41)38-15-30(13-19(38)14-34)20-8-6-7-9-23(20)36-29(30)42/h6-9,11-12,16-17,19,24H,5,10,13,15H2,1-4H3,(H,35,39)(H,36,42)/t17-,19-,24-,30-/m0/s1. The van der Waals surface area contributed by atoms with Crippen molar-refractivity contribution in [3.63, 3.8) is 0 Å². The fourth-order valence-electron chi connectivity index (χ4n) is 5.85. The number of para-hydroxylation sites is 1. The SMILES string of the molecule is CCN(C(=O)[C@H](C)NC(=O)c1c(F)cc(F)cc1F)[C@@H](CC(C)C)C(=O)N1C[C@]2(C[C@H]1C#N)C(=O)Nc1ccccc12. The van der Waals surface area contributed by atoms with E-state index in [0.717, 1.165) is 0 Å². The first-order chi connectivity index (χ1) is 19.8. The molecule has 0 saturated carbocycles. The van der Waals surface area contributed by atoms with Gasteiger partial charge in [-0.1, -0.05) is 32.0 Å². The number of hydrogen-bond acceptors (Lipinski definition) is 5. The summed E-state index contributed by atoms with van der Waals surface area (Å²) in [4.78, 5) is 56.1. The Kier molecular flexibility index (Phi) is 8.61. The lowest BCUT2D eigenvalue weighted by Gasteiger charge is -2.36. The number of nitriles is 1. The highest BCUT2D eigenvalue weighted by Crippen LogP contribution is 2.46. The Morgan fingerprint density at radius 1 is 1.17 bits per heavy atom. The van der Waals surface area contributed by atoms with Gasteiger partial charge in [-0.3, -0.25) is 19.2 Å². The Bertz CT molecular complexity index is 1450. The number of hydrogen-bond donors (Lipinski definition) is 2. The smallest absolute Gasteiger partial charge is 0.257 e. The molecule has 0 radical (unpaired) electrons. The van der Waals surface area contributed by atoms with E-state index in [2.05, 4.69) is 16.7 Å². The molecule has 1 spiro atoms. The second kappa shape index (κ2) is 11.8. The molecule has 4 amide bonds. The van der Waals surface area contributed by atoms with Crippen LogP contribution >= 0.6 is 0 Å². The van der Waals surface area contributed by atoms with Gasteiger partial charge in [0.15, 0.2) is 0 Å². The molecule has 0 aromatic heterocycles. The van der Waals surface area contributed by atoms with Crippen molar-refractivity contribution in [3.05, 3.63) is 65.0 Å². The van der Waals surface area contributed by atoms with Crippen LogP contribution in [-0.2, 0) is 19.8 Å². The number of nitrogens with one attached hydrogen (secondary N) is 2. The molecule has 0 bridgehead atoms. The van der Waals surface area contributed by atoms with E-state index < -0.39 is 64.3 Å². The quantitative estimate of drug-likeness (QED) is 0.493. The van der Waals surface area contributed by atoms with Gasteiger partial charge in [-0.25, -0.2) is 13.2 Å². The van der Waals surface area contributed by atoms with Gasteiger partial charge in [-0.15, -0.1) is 0 Å². The lowest BCUT2D eigenvalue weighted by Crippen LogP contribution is -2.57. The summed E-state index contributed by atoms with van der Waals surface area (Å²) in [5.41, 5.74) is -0.828. The summed E-state index contributed by atoms with van der Waals surface area (Å²) < 4.78 is 41.6. The molecule has 2 aliphatic heterocycles. The molecule has 12 heteroatoms. The minimum atomic E-state index is -1.42. The molecule has 2 aliphatic rings. The first-order valence-electron chi connectivity index (χ1n) is 13.7. The van der Waals surface area contributed by atoms with Gasteiger partial charge in [0.25, 0.3) is 5.91 Å². The van der Waals surface area contributed by atoms with Gasteiger partial charge in [-0.05, 0) is 37.8 Å². The normalized spacial score (nSPS) is 20.6. The van der Waals surface area contributed by atoms with Crippen LogP contribution in [0.2, 0.25) is 0 Å².